The Bertz CT molecular complexity index is 1130. The van der Waals surface area contributed by atoms with Crippen molar-refractivity contribution in [1.29, 1.82) is 0 Å². The van der Waals surface area contributed by atoms with Gasteiger partial charge in [0.25, 0.3) is 0 Å². The number of amides is 3. The van der Waals surface area contributed by atoms with Crippen molar-refractivity contribution in [2.24, 2.45) is 0 Å². The number of hydrogen-bond acceptors (Lipinski definition) is 6. The molecule has 4 N–H and O–H groups in total. The monoisotopic (exact) mass is 555 g/mol. The lowest BCUT2D eigenvalue weighted by Gasteiger charge is -2.35. The number of benzene rings is 2. The van der Waals surface area contributed by atoms with Crippen LogP contribution in [-0.4, -0.2) is 64.4 Å². The summed E-state index contributed by atoms with van der Waals surface area (Å²) >= 11 is 0. The molecule has 40 heavy (non-hydrogen) atoms. The van der Waals surface area contributed by atoms with Crippen molar-refractivity contribution in [3.63, 3.8) is 0 Å². The van der Waals surface area contributed by atoms with E-state index in [0.29, 0.717) is 17.7 Å². The number of alkyl carbamates (subject to hydrolysis) is 1. The predicted molar refractivity (Wildman–Crippen MR) is 155 cm³/mol. The number of hydrogen-bond donors (Lipinski definition) is 4. The summed E-state index contributed by atoms with van der Waals surface area (Å²) in [5, 5.41) is 25.4. The number of aliphatic hydroxyl groups excluding tert-OH is 1. The topological polar surface area (TPSA) is 128 Å². The largest absolute Gasteiger partial charge is 0.508 e. The molecule has 3 amide bonds. The van der Waals surface area contributed by atoms with E-state index in [0.717, 1.165) is 30.4 Å². The van der Waals surface area contributed by atoms with Gasteiger partial charge in [0.15, 0.2) is 0 Å². The summed E-state index contributed by atoms with van der Waals surface area (Å²) in [7, 11) is 0. The van der Waals surface area contributed by atoms with Crippen LogP contribution in [0.3, 0.4) is 0 Å². The van der Waals surface area contributed by atoms with Gasteiger partial charge in [0.1, 0.15) is 23.4 Å². The van der Waals surface area contributed by atoms with Crippen molar-refractivity contribution in [1.82, 2.24) is 15.5 Å². The van der Waals surface area contributed by atoms with Crippen molar-refractivity contribution < 1.29 is 29.3 Å². The minimum atomic E-state index is -1.11. The van der Waals surface area contributed by atoms with E-state index in [1.807, 2.05) is 32.0 Å². The van der Waals surface area contributed by atoms with Crippen molar-refractivity contribution in [3.8, 4) is 5.75 Å². The Hall–Kier alpha value is -3.59. The summed E-state index contributed by atoms with van der Waals surface area (Å²) < 4.78 is 5.43. The molecule has 2 unspecified atom stereocenters. The SMILES string of the molecule is CCCCCNC(=O)C(c1cccc(C)c1C)N(CCO)C(=O)C(Cc1ccc(O)cc1)NC(=O)OC(C)(C)C. The molecular formula is C31H45N3O6. The van der Waals surface area contributed by atoms with Gasteiger partial charge in [-0.1, -0.05) is 50.1 Å². The Labute approximate surface area is 237 Å². The predicted octanol–water partition coefficient (Wildman–Crippen LogP) is 4.31. The first-order chi connectivity index (χ1) is 18.9. The van der Waals surface area contributed by atoms with Crippen LogP contribution in [0.25, 0.3) is 0 Å². The number of nitrogens with one attached hydrogen (secondary N) is 2. The Balaban J connectivity index is 2.53. The molecule has 9 heteroatoms. The average molecular weight is 556 g/mol. The number of phenolic OH excluding ortho intramolecular Hbond substituents is 1. The molecule has 2 aromatic rings. The number of phenols is 1. The number of aryl methyl sites for hydroxylation is 1. The minimum Gasteiger partial charge on any atom is -0.508 e. The number of carbonyl (C=O) groups excluding carboxylic acids is 3. The highest BCUT2D eigenvalue weighted by atomic mass is 16.6. The van der Waals surface area contributed by atoms with Crippen LogP contribution in [-0.2, 0) is 20.7 Å². The molecule has 0 aliphatic rings. The van der Waals surface area contributed by atoms with Crippen LogP contribution in [0, 0.1) is 13.8 Å². The van der Waals surface area contributed by atoms with Crippen LogP contribution in [0.5, 0.6) is 5.75 Å². The van der Waals surface area contributed by atoms with Gasteiger partial charge in [0.05, 0.1) is 6.61 Å². The molecule has 0 aliphatic heterocycles. The first-order valence-corrected chi connectivity index (χ1v) is 13.9. The third-order valence-electron chi connectivity index (χ3n) is 6.57. The Morgan fingerprint density at radius 3 is 2.30 bits per heavy atom. The zero-order chi connectivity index (χ0) is 29.9. The number of unbranched alkanes of at least 4 members (excludes halogenated alkanes) is 2. The zero-order valence-electron chi connectivity index (χ0n) is 24.6. The first kappa shape index (κ1) is 32.6. The maximum atomic E-state index is 14.2. The molecule has 0 saturated carbocycles. The van der Waals surface area contributed by atoms with Crippen LogP contribution in [0.1, 0.15) is 75.3 Å². The number of rotatable bonds is 13. The van der Waals surface area contributed by atoms with E-state index in [9.17, 15) is 24.6 Å². The third-order valence-corrected chi connectivity index (χ3v) is 6.57. The van der Waals surface area contributed by atoms with E-state index < -0.39 is 29.7 Å². The van der Waals surface area contributed by atoms with Crippen LogP contribution in [0.2, 0.25) is 0 Å². The quantitative estimate of drug-likeness (QED) is 0.273. The zero-order valence-corrected chi connectivity index (χ0v) is 24.6. The summed E-state index contributed by atoms with van der Waals surface area (Å²) in [4.78, 5) is 42.0. The summed E-state index contributed by atoms with van der Waals surface area (Å²) in [5.74, 6) is -0.821. The fourth-order valence-electron chi connectivity index (χ4n) is 4.40. The van der Waals surface area contributed by atoms with Crippen LogP contribution in [0.15, 0.2) is 42.5 Å². The van der Waals surface area contributed by atoms with Crippen molar-refractivity contribution >= 4 is 17.9 Å². The number of aliphatic hydroxyl groups is 1. The molecule has 2 atom stereocenters. The number of aromatic hydroxyl groups is 1. The molecule has 9 nitrogen and oxygen atoms in total. The average Bonchev–Trinajstić information content (AvgIpc) is 2.88. The molecule has 2 aromatic carbocycles. The van der Waals surface area contributed by atoms with Gasteiger partial charge < -0.3 is 30.5 Å². The number of ether oxygens (including phenoxy) is 1. The first-order valence-electron chi connectivity index (χ1n) is 13.9. The van der Waals surface area contributed by atoms with Gasteiger partial charge >= 0.3 is 6.09 Å². The third kappa shape index (κ3) is 9.86. The second-order valence-electron chi connectivity index (χ2n) is 11.0. The lowest BCUT2D eigenvalue weighted by atomic mass is 9.94. The molecule has 0 fully saturated rings. The summed E-state index contributed by atoms with van der Waals surface area (Å²) in [6, 6.07) is 9.77. The normalized spacial score (nSPS) is 12.8. The van der Waals surface area contributed by atoms with Crippen molar-refractivity contribution in [2.75, 3.05) is 19.7 Å². The van der Waals surface area contributed by atoms with E-state index in [-0.39, 0.29) is 31.2 Å². The van der Waals surface area contributed by atoms with Crippen LogP contribution >= 0.6 is 0 Å². The second kappa shape index (κ2) is 15.3. The van der Waals surface area contributed by atoms with E-state index >= 15 is 0 Å². The molecule has 0 bridgehead atoms. The molecular weight excluding hydrogens is 510 g/mol. The van der Waals surface area contributed by atoms with Gasteiger partial charge in [-0.15, -0.1) is 0 Å². The molecule has 0 aromatic heterocycles. The standard InChI is InChI=1S/C31H45N3O6/c1-7-8-9-17-32-28(37)27(25-12-10-11-21(2)22(25)3)34(18-19-35)29(38)26(33-30(39)40-31(4,5)6)20-23-13-15-24(36)16-14-23/h10-16,26-27,35-36H,7-9,17-20H2,1-6H3,(H,32,37)(H,33,39). The Morgan fingerprint density at radius 2 is 1.70 bits per heavy atom. The molecule has 0 saturated heterocycles. The van der Waals surface area contributed by atoms with Gasteiger partial charge in [-0.05, 0) is 75.4 Å². The lowest BCUT2D eigenvalue weighted by molar-refractivity contribution is -0.143. The van der Waals surface area contributed by atoms with Crippen LogP contribution < -0.4 is 10.6 Å². The maximum Gasteiger partial charge on any atom is 0.408 e. The number of carbonyl (C=O) groups is 3. The van der Waals surface area contributed by atoms with Crippen molar-refractivity contribution in [2.45, 2.75) is 84.9 Å². The highest BCUT2D eigenvalue weighted by Gasteiger charge is 2.37. The van der Waals surface area contributed by atoms with Gasteiger partial charge in [-0.2, -0.15) is 0 Å². The van der Waals surface area contributed by atoms with E-state index in [1.54, 1.807) is 32.9 Å². The molecule has 0 spiro atoms. The lowest BCUT2D eigenvalue weighted by Crippen LogP contribution is -2.54. The molecule has 220 valence electrons. The van der Waals surface area contributed by atoms with E-state index in [1.165, 1.54) is 17.0 Å². The highest BCUT2D eigenvalue weighted by Crippen LogP contribution is 2.28. The Kier molecular flexibility index (Phi) is 12.4. The van der Waals surface area contributed by atoms with Crippen LogP contribution in [0.4, 0.5) is 4.79 Å². The fourth-order valence-corrected chi connectivity index (χ4v) is 4.40. The molecule has 0 radical (unpaired) electrons. The number of nitrogens with zero attached hydrogens (tertiary/aromatic N) is 1. The summed E-state index contributed by atoms with van der Waals surface area (Å²) in [6.07, 6.45) is 2.07. The van der Waals surface area contributed by atoms with E-state index in [2.05, 4.69) is 17.6 Å². The van der Waals surface area contributed by atoms with Gasteiger partial charge in [0, 0.05) is 19.5 Å². The minimum absolute atomic E-state index is 0.0726. The molecule has 0 heterocycles. The van der Waals surface area contributed by atoms with Gasteiger partial charge in [-0.3, -0.25) is 9.59 Å². The summed E-state index contributed by atoms with van der Waals surface area (Å²) in [6.45, 7) is 11.0. The molecule has 2 rings (SSSR count). The van der Waals surface area contributed by atoms with Crippen molar-refractivity contribution in [3.05, 3.63) is 64.7 Å². The maximum absolute atomic E-state index is 14.2. The highest BCUT2D eigenvalue weighted by molar-refractivity contribution is 5.92. The fraction of sp³-hybridized carbons (Fsp3) is 0.516. The summed E-state index contributed by atoms with van der Waals surface area (Å²) in [5.41, 5.74) is 2.37. The van der Waals surface area contributed by atoms with Gasteiger partial charge in [0.2, 0.25) is 11.8 Å². The Morgan fingerprint density at radius 1 is 1.02 bits per heavy atom. The second-order valence-corrected chi connectivity index (χ2v) is 11.0. The molecule has 0 aliphatic carbocycles. The van der Waals surface area contributed by atoms with Gasteiger partial charge in [-0.25, -0.2) is 4.79 Å². The smallest absolute Gasteiger partial charge is 0.408 e. The van der Waals surface area contributed by atoms with E-state index in [4.69, 9.17) is 4.74 Å².